The lowest BCUT2D eigenvalue weighted by Crippen LogP contribution is -2.35. The lowest BCUT2D eigenvalue weighted by Gasteiger charge is -2.23. The predicted octanol–water partition coefficient (Wildman–Crippen LogP) is 2.44. The summed E-state index contributed by atoms with van der Waals surface area (Å²) in [5.41, 5.74) is 6.33. The molecule has 0 bridgehead atoms. The van der Waals surface area contributed by atoms with Crippen molar-refractivity contribution >= 4 is 28.7 Å². The van der Waals surface area contributed by atoms with Crippen LogP contribution in [0.2, 0.25) is 0 Å². The monoisotopic (exact) mass is 381 g/mol. The van der Waals surface area contributed by atoms with Crippen molar-refractivity contribution in [2.75, 3.05) is 7.11 Å². The highest BCUT2D eigenvalue weighted by Gasteiger charge is 2.26. The number of hydrogen-bond donors (Lipinski definition) is 2. The van der Waals surface area contributed by atoms with Gasteiger partial charge in [-0.3, -0.25) is 5.73 Å². The summed E-state index contributed by atoms with van der Waals surface area (Å²) in [6.07, 6.45) is 0. The number of thioether (sulfide) groups is 1. The third-order valence-corrected chi connectivity index (χ3v) is 5.12. The molecule has 134 valence electrons. The van der Waals surface area contributed by atoms with Crippen LogP contribution in [-0.2, 0) is 31.4 Å². The van der Waals surface area contributed by atoms with E-state index in [4.69, 9.17) is 14.7 Å². The number of thiol groups is 1. The number of carbonyl (C=O) groups is 1. The number of ether oxygens (including phenoxy) is 1. The molecule has 0 heterocycles. The Morgan fingerprint density at radius 3 is 2.48 bits per heavy atom. The second kappa shape index (κ2) is 8.48. The average Bonchev–Trinajstić information content (AvgIpc) is 2.59. The van der Waals surface area contributed by atoms with Gasteiger partial charge < -0.3 is 4.74 Å². The minimum Gasteiger partial charge on any atom is -0.465 e. The summed E-state index contributed by atoms with van der Waals surface area (Å²) in [4.78, 5) is 12.6. The number of esters is 1. The van der Waals surface area contributed by atoms with E-state index in [0.29, 0.717) is 21.8 Å². The van der Waals surface area contributed by atoms with Crippen LogP contribution in [-0.4, -0.2) is 21.5 Å². The highest BCUT2D eigenvalue weighted by molar-refractivity contribution is 7.98. The van der Waals surface area contributed by atoms with Gasteiger partial charge in [0.1, 0.15) is 0 Å². The van der Waals surface area contributed by atoms with Crippen molar-refractivity contribution in [1.29, 1.82) is 0 Å². The molecule has 0 aliphatic carbocycles. The Kier molecular flexibility index (Phi) is 6.60. The molecule has 6 nitrogen and oxygen atoms in total. The van der Waals surface area contributed by atoms with Crippen molar-refractivity contribution < 1.29 is 22.1 Å². The van der Waals surface area contributed by atoms with Gasteiger partial charge in [-0.2, -0.15) is 0 Å². The predicted molar refractivity (Wildman–Crippen MR) is 96.7 cm³/mol. The molecule has 0 aliphatic heterocycles. The largest absolute Gasteiger partial charge is 0.465 e. The van der Waals surface area contributed by atoms with Gasteiger partial charge in [-0.25, -0.2) is 17.4 Å². The van der Waals surface area contributed by atoms with Gasteiger partial charge in [0.15, 0.2) is 5.72 Å². The van der Waals surface area contributed by atoms with Crippen molar-refractivity contribution in [3.8, 4) is 0 Å². The van der Waals surface area contributed by atoms with E-state index in [1.807, 2.05) is 30.3 Å². The van der Waals surface area contributed by atoms with Crippen LogP contribution >= 0.6 is 11.8 Å². The van der Waals surface area contributed by atoms with Crippen molar-refractivity contribution in [2.45, 2.75) is 23.3 Å². The van der Waals surface area contributed by atoms with Crippen molar-refractivity contribution in [3.05, 3.63) is 65.2 Å². The molecule has 2 rings (SSSR count). The number of carbonyl (C=O) groups excluding carboxylic acids is 1. The molecular weight excluding hydrogens is 362 g/mol. The summed E-state index contributed by atoms with van der Waals surface area (Å²) in [6, 6.07) is 14.5. The number of benzene rings is 2. The summed E-state index contributed by atoms with van der Waals surface area (Å²) in [6.45, 7) is 1.44. The fourth-order valence-corrected chi connectivity index (χ4v) is 3.62. The highest BCUT2D eigenvalue weighted by Crippen LogP contribution is 2.31. The molecule has 0 saturated carbocycles. The summed E-state index contributed by atoms with van der Waals surface area (Å²) < 4.78 is 31.3. The maximum atomic E-state index is 12.0. The van der Waals surface area contributed by atoms with Crippen LogP contribution in [0, 0.1) is 0 Å². The standard InChI is InChI=1S/C17H19NO5S2/c1-17(18,23-25(20)21)13-8-9-14(16(19)22-2)15(10-13)24-11-12-6-4-3-5-7-12/h3-10,25H,11,18H2,1-2H3. The van der Waals surface area contributed by atoms with Crippen molar-refractivity contribution in [3.63, 3.8) is 0 Å². The summed E-state index contributed by atoms with van der Waals surface area (Å²) in [7, 11) is -1.81. The SMILES string of the molecule is COC(=O)c1ccc(C(C)(N)O[SH](=O)=O)cc1SCc1ccccc1. The van der Waals surface area contributed by atoms with Crippen molar-refractivity contribution in [2.24, 2.45) is 5.73 Å². The topological polar surface area (TPSA) is 95.7 Å². The first-order chi connectivity index (χ1) is 11.8. The molecule has 2 N–H and O–H groups in total. The van der Waals surface area contributed by atoms with Gasteiger partial charge in [0.2, 0.25) is 0 Å². The molecule has 0 radical (unpaired) electrons. The first kappa shape index (κ1) is 19.5. The lowest BCUT2D eigenvalue weighted by molar-refractivity contribution is 0.0595. The van der Waals surface area contributed by atoms with Crippen LogP contribution < -0.4 is 5.73 Å². The Bertz CT molecular complexity index is 811. The Morgan fingerprint density at radius 2 is 1.88 bits per heavy atom. The molecule has 0 spiro atoms. The minimum absolute atomic E-state index is 0.384. The van der Waals surface area contributed by atoms with Crippen molar-refractivity contribution in [1.82, 2.24) is 0 Å². The zero-order chi connectivity index (χ0) is 18.4. The van der Waals surface area contributed by atoms with Gasteiger partial charge in [0.25, 0.3) is 11.0 Å². The summed E-state index contributed by atoms with van der Waals surface area (Å²) in [5, 5.41) is 0. The van der Waals surface area contributed by atoms with Crippen LogP contribution in [0.15, 0.2) is 53.4 Å². The Balaban J connectivity index is 2.35. The van der Waals surface area contributed by atoms with Gasteiger partial charge in [0, 0.05) is 16.2 Å². The van der Waals surface area contributed by atoms with Crippen LogP contribution in [0.4, 0.5) is 0 Å². The first-order valence-corrected chi connectivity index (χ1v) is 9.43. The van der Waals surface area contributed by atoms with Gasteiger partial charge in [-0.15, -0.1) is 11.8 Å². The second-order valence-corrected chi connectivity index (χ2v) is 7.05. The molecule has 8 heteroatoms. The fourth-order valence-electron chi connectivity index (χ4n) is 2.17. The number of nitrogens with two attached hydrogens (primary N) is 1. The molecule has 0 fully saturated rings. The number of hydrogen-bond acceptors (Lipinski definition) is 7. The molecule has 1 atom stereocenters. The quantitative estimate of drug-likeness (QED) is 0.329. The Labute approximate surface area is 152 Å². The van der Waals surface area contributed by atoms with E-state index in [1.54, 1.807) is 18.2 Å². The molecule has 0 aromatic heterocycles. The minimum atomic E-state index is -3.11. The molecule has 2 aromatic rings. The van der Waals surface area contributed by atoms with Crippen LogP contribution in [0.25, 0.3) is 0 Å². The smallest absolute Gasteiger partial charge is 0.338 e. The Hall–Kier alpha value is -1.87. The molecule has 0 saturated heterocycles. The van der Waals surface area contributed by atoms with Gasteiger partial charge >= 0.3 is 5.97 Å². The van der Waals surface area contributed by atoms with E-state index in [-0.39, 0.29) is 0 Å². The highest BCUT2D eigenvalue weighted by atomic mass is 32.2. The normalized spacial score (nSPS) is 13.4. The van der Waals surface area contributed by atoms with Crippen LogP contribution in [0.3, 0.4) is 0 Å². The second-order valence-electron chi connectivity index (χ2n) is 5.40. The molecular formula is C17H19NO5S2. The molecule has 25 heavy (non-hydrogen) atoms. The van der Waals surface area contributed by atoms with E-state index < -0.39 is 22.7 Å². The van der Waals surface area contributed by atoms with E-state index in [1.165, 1.54) is 25.8 Å². The van der Waals surface area contributed by atoms with Crippen LogP contribution in [0.1, 0.15) is 28.4 Å². The number of rotatable bonds is 7. The van der Waals surface area contributed by atoms with E-state index >= 15 is 0 Å². The molecule has 2 aromatic carbocycles. The summed E-state index contributed by atoms with van der Waals surface area (Å²) in [5.74, 6) is 0.156. The van der Waals surface area contributed by atoms with E-state index in [2.05, 4.69) is 0 Å². The van der Waals surface area contributed by atoms with Gasteiger partial charge in [-0.05, 0) is 24.6 Å². The third kappa shape index (κ3) is 5.30. The maximum Gasteiger partial charge on any atom is 0.338 e. The van der Waals surface area contributed by atoms with E-state index in [9.17, 15) is 13.2 Å². The zero-order valence-corrected chi connectivity index (χ0v) is 15.5. The third-order valence-electron chi connectivity index (χ3n) is 3.46. The zero-order valence-electron chi connectivity index (χ0n) is 13.8. The molecule has 1 unspecified atom stereocenters. The molecule has 0 aliphatic rings. The summed E-state index contributed by atoms with van der Waals surface area (Å²) >= 11 is 1.43. The van der Waals surface area contributed by atoms with Crippen LogP contribution in [0.5, 0.6) is 0 Å². The number of methoxy groups -OCH3 is 1. The first-order valence-electron chi connectivity index (χ1n) is 7.35. The van der Waals surface area contributed by atoms with E-state index in [0.717, 1.165) is 5.56 Å². The lowest BCUT2D eigenvalue weighted by atomic mass is 10.0. The Morgan fingerprint density at radius 1 is 1.20 bits per heavy atom. The van der Waals surface area contributed by atoms with Gasteiger partial charge in [0.05, 0.1) is 12.7 Å². The average molecular weight is 381 g/mol. The van der Waals surface area contributed by atoms with Gasteiger partial charge in [-0.1, -0.05) is 36.4 Å². The molecule has 0 amide bonds. The fraction of sp³-hybridized carbons (Fsp3) is 0.235. The maximum absolute atomic E-state index is 12.0.